The molecule has 18 heavy (non-hydrogen) atoms. The van der Waals surface area contributed by atoms with Crippen molar-refractivity contribution in [3.63, 3.8) is 0 Å². The Balaban J connectivity index is 2.04. The molecule has 1 N–H and O–H groups in total. The summed E-state index contributed by atoms with van der Waals surface area (Å²) in [6, 6.07) is 5.59. The lowest BCUT2D eigenvalue weighted by atomic mass is 9.90. The second-order valence-electron chi connectivity index (χ2n) is 5.27. The van der Waals surface area contributed by atoms with E-state index in [-0.39, 0.29) is 11.4 Å². The molecule has 2 rings (SSSR count). The van der Waals surface area contributed by atoms with Crippen LogP contribution in [0.15, 0.2) is 18.2 Å². The van der Waals surface area contributed by atoms with Crippen molar-refractivity contribution in [2.75, 3.05) is 20.1 Å². The van der Waals surface area contributed by atoms with Crippen LogP contribution in [0.25, 0.3) is 0 Å². The lowest BCUT2D eigenvalue weighted by molar-refractivity contribution is 0.0655. The van der Waals surface area contributed by atoms with E-state index in [1.54, 1.807) is 6.07 Å². The van der Waals surface area contributed by atoms with E-state index in [4.69, 9.17) is 0 Å². The van der Waals surface area contributed by atoms with E-state index in [9.17, 15) is 4.79 Å². The first-order valence-corrected chi connectivity index (χ1v) is 6.46. The summed E-state index contributed by atoms with van der Waals surface area (Å²) in [5.41, 5.74) is 1.61. The van der Waals surface area contributed by atoms with E-state index < -0.39 is 0 Å². The number of nitrogens with zero attached hydrogens (tertiary/aromatic N) is 2. The Hall–Kier alpha value is -1.42. The Kier molecular flexibility index (Phi) is 3.66. The smallest absolute Gasteiger partial charge is 0.272 e. The Morgan fingerprint density at radius 1 is 1.39 bits per heavy atom. The largest absolute Gasteiger partial charge is 0.337 e. The predicted molar refractivity (Wildman–Crippen MR) is 71.6 cm³/mol. The Bertz CT molecular complexity index is 436. The third-order valence-electron chi connectivity index (χ3n) is 3.87. The standard InChI is InChI=1S/C14H21N3O/c1-11-5-4-6-12(16-11)13(18)17-9-7-14(2,15-3)8-10-17/h4-6,15H,7-10H2,1-3H3. The lowest BCUT2D eigenvalue weighted by Gasteiger charge is -2.39. The maximum atomic E-state index is 12.3. The molecule has 1 aromatic heterocycles. The molecule has 2 heterocycles. The van der Waals surface area contributed by atoms with Gasteiger partial charge in [-0.15, -0.1) is 0 Å². The number of nitrogens with one attached hydrogen (secondary N) is 1. The SMILES string of the molecule is CNC1(C)CCN(C(=O)c2cccc(C)n2)CC1. The van der Waals surface area contributed by atoms with E-state index in [2.05, 4.69) is 17.2 Å². The minimum atomic E-state index is 0.0526. The average Bonchev–Trinajstić information content (AvgIpc) is 2.39. The third-order valence-corrected chi connectivity index (χ3v) is 3.87. The molecular formula is C14H21N3O. The first kappa shape index (κ1) is 13.0. The first-order chi connectivity index (χ1) is 8.54. The highest BCUT2D eigenvalue weighted by Crippen LogP contribution is 2.22. The normalized spacial score (nSPS) is 18.7. The summed E-state index contributed by atoms with van der Waals surface area (Å²) in [7, 11) is 1.99. The second kappa shape index (κ2) is 5.06. The van der Waals surface area contributed by atoms with Crippen molar-refractivity contribution >= 4 is 5.91 Å². The summed E-state index contributed by atoms with van der Waals surface area (Å²) in [5.74, 6) is 0.0526. The molecule has 1 aliphatic heterocycles. The van der Waals surface area contributed by atoms with Crippen molar-refractivity contribution in [1.82, 2.24) is 15.2 Å². The van der Waals surface area contributed by atoms with Gasteiger partial charge >= 0.3 is 0 Å². The van der Waals surface area contributed by atoms with Gasteiger partial charge in [-0.05, 0) is 45.9 Å². The van der Waals surface area contributed by atoms with Gasteiger partial charge in [0.1, 0.15) is 5.69 Å². The molecule has 0 radical (unpaired) electrons. The van der Waals surface area contributed by atoms with Crippen molar-refractivity contribution in [3.05, 3.63) is 29.6 Å². The molecule has 0 atom stereocenters. The highest BCUT2D eigenvalue weighted by atomic mass is 16.2. The zero-order valence-electron chi connectivity index (χ0n) is 11.4. The van der Waals surface area contributed by atoms with Crippen LogP contribution in [0, 0.1) is 6.92 Å². The number of hydrogen-bond acceptors (Lipinski definition) is 3. The number of carbonyl (C=O) groups is 1. The molecular weight excluding hydrogens is 226 g/mol. The van der Waals surface area contributed by atoms with Gasteiger partial charge in [-0.25, -0.2) is 4.98 Å². The molecule has 0 bridgehead atoms. The number of pyridine rings is 1. The fourth-order valence-electron chi connectivity index (χ4n) is 2.28. The van der Waals surface area contributed by atoms with Crippen molar-refractivity contribution in [1.29, 1.82) is 0 Å². The van der Waals surface area contributed by atoms with E-state index in [0.717, 1.165) is 31.6 Å². The molecule has 0 saturated carbocycles. The maximum absolute atomic E-state index is 12.3. The molecule has 1 amide bonds. The second-order valence-corrected chi connectivity index (χ2v) is 5.27. The van der Waals surface area contributed by atoms with Crippen LogP contribution in [-0.4, -0.2) is 41.5 Å². The van der Waals surface area contributed by atoms with Crippen LogP contribution in [0.4, 0.5) is 0 Å². The monoisotopic (exact) mass is 247 g/mol. The molecule has 4 heteroatoms. The van der Waals surface area contributed by atoms with Crippen LogP contribution in [-0.2, 0) is 0 Å². The molecule has 0 aliphatic carbocycles. The highest BCUT2D eigenvalue weighted by Gasteiger charge is 2.30. The van der Waals surface area contributed by atoms with Gasteiger partial charge in [-0.3, -0.25) is 4.79 Å². The summed E-state index contributed by atoms with van der Waals surface area (Å²) in [6.07, 6.45) is 1.97. The van der Waals surface area contributed by atoms with Crippen molar-refractivity contribution < 1.29 is 4.79 Å². The number of carbonyl (C=O) groups excluding carboxylic acids is 1. The molecule has 1 aromatic rings. The van der Waals surface area contributed by atoms with E-state index in [1.807, 2.05) is 31.0 Å². The zero-order chi connectivity index (χ0) is 13.2. The van der Waals surface area contributed by atoms with Crippen molar-refractivity contribution in [2.45, 2.75) is 32.2 Å². The quantitative estimate of drug-likeness (QED) is 0.863. The Morgan fingerprint density at radius 3 is 2.61 bits per heavy atom. The summed E-state index contributed by atoms with van der Waals surface area (Å²) < 4.78 is 0. The van der Waals surface area contributed by atoms with Crippen LogP contribution in [0.1, 0.15) is 35.9 Å². The van der Waals surface area contributed by atoms with Gasteiger partial charge in [0, 0.05) is 24.3 Å². The van der Waals surface area contributed by atoms with Gasteiger partial charge < -0.3 is 10.2 Å². The van der Waals surface area contributed by atoms with Gasteiger partial charge in [0.15, 0.2) is 0 Å². The number of likely N-dealkylation sites (tertiary alicyclic amines) is 1. The molecule has 0 spiro atoms. The van der Waals surface area contributed by atoms with E-state index >= 15 is 0 Å². The minimum Gasteiger partial charge on any atom is -0.337 e. The molecule has 0 unspecified atom stereocenters. The van der Waals surface area contributed by atoms with E-state index in [0.29, 0.717) is 5.69 Å². The predicted octanol–water partition coefficient (Wildman–Crippen LogP) is 1.60. The van der Waals surface area contributed by atoms with Gasteiger partial charge in [-0.2, -0.15) is 0 Å². The zero-order valence-corrected chi connectivity index (χ0v) is 11.4. The number of aromatic nitrogens is 1. The number of piperidine rings is 1. The third kappa shape index (κ3) is 2.70. The Labute approximate surface area is 108 Å². The highest BCUT2D eigenvalue weighted by molar-refractivity contribution is 5.92. The van der Waals surface area contributed by atoms with Crippen LogP contribution >= 0.6 is 0 Å². The number of amides is 1. The summed E-state index contributed by atoms with van der Waals surface area (Å²) in [5, 5.41) is 3.34. The van der Waals surface area contributed by atoms with Crippen LogP contribution in [0.5, 0.6) is 0 Å². The molecule has 1 saturated heterocycles. The van der Waals surface area contributed by atoms with Gasteiger partial charge in [-0.1, -0.05) is 6.07 Å². The average molecular weight is 247 g/mol. The summed E-state index contributed by atoms with van der Waals surface area (Å²) >= 11 is 0. The fraction of sp³-hybridized carbons (Fsp3) is 0.571. The van der Waals surface area contributed by atoms with Gasteiger partial charge in [0.05, 0.1) is 0 Å². The van der Waals surface area contributed by atoms with Crippen LogP contribution in [0.3, 0.4) is 0 Å². The van der Waals surface area contributed by atoms with E-state index in [1.165, 1.54) is 0 Å². The Morgan fingerprint density at radius 2 is 2.06 bits per heavy atom. The molecule has 98 valence electrons. The van der Waals surface area contributed by atoms with Crippen LogP contribution in [0.2, 0.25) is 0 Å². The first-order valence-electron chi connectivity index (χ1n) is 6.46. The summed E-state index contributed by atoms with van der Waals surface area (Å²) in [6.45, 7) is 5.71. The molecule has 1 fully saturated rings. The number of rotatable bonds is 2. The molecule has 0 aromatic carbocycles. The number of hydrogen-bond donors (Lipinski definition) is 1. The van der Waals surface area contributed by atoms with Gasteiger partial charge in [0.2, 0.25) is 0 Å². The maximum Gasteiger partial charge on any atom is 0.272 e. The van der Waals surface area contributed by atoms with Crippen molar-refractivity contribution in [3.8, 4) is 0 Å². The van der Waals surface area contributed by atoms with Gasteiger partial charge in [0.25, 0.3) is 5.91 Å². The minimum absolute atomic E-state index is 0.0526. The molecule has 1 aliphatic rings. The lowest BCUT2D eigenvalue weighted by Crippen LogP contribution is -2.51. The number of aryl methyl sites for hydroxylation is 1. The summed E-state index contributed by atoms with van der Waals surface area (Å²) in [4.78, 5) is 18.5. The fourth-order valence-corrected chi connectivity index (χ4v) is 2.28. The topological polar surface area (TPSA) is 45.2 Å². The van der Waals surface area contributed by atoms with Crippen LogP contribution < -0.4 is 5.32 Å². The molecule has 4 nitrogen and oxygen atoms in total. The van der Waals surface area contributed by atoms with Crippen molar-refractivity contribution in [2.24, 2.45) is 0 Å².